The van der Waals surface area contributed by atoms with Gasteiger partial charge in [0.25, 0.3) is 0 Å². The Balaban J connectivity index is 0.000000388. The van der Waals surface area contributed by atoms with E-state index >= 15 is 0 Å². The fourth-order valence-electron chi connectivity index (χ4n) is 1.01. The van der Waals surface area contributed by atoms with E-state index in [1.165, 1.54) is 5.56 Å². The molecule has 0 aliphatic carbocycles. The monoisotopic (exact) mass is 290 g/mol. The first-order valence-electron chi connectivity index (χ1n) is 6.36. The molecule has 0 N–H and O–H groups in total. The van der Waals surface area contributed by atoms with Crippen molar-refractivity contribution in [2.45, 2.75) is 19.7 Å². The summed E-state index contributed by atoms with van der Waals surface area (Å²) in [5.41, 5.74) is 1.18. The van der Waals surface area contributed by atoms with Crippen molar-refractivity contribution in [2.75, 3.05) is 13.1 Å². The molecule has 5 heteroatoms. The van der Waals surface area contributed by atoms with Crippen LogP contribution in [0.4, 0.5) is 0 Å². The fourth-order valence-corrected chi connectivity index (χ4v) is 1.19. The third kappa shape index (κ3) is 10.1. The molecule has 0 saturated carbocycles. The molecular formula is C15H19ClN4. The highest BCUT2D eigenvalue weighted by atomic mass is 35.5. The minimum absolute atomic E-state index is 0.0915. The smallest absolute Gasteiger partial charge is 0.0754 e. The number of benzene rings is 1. The lowest BCUT2D eigenvalue weighted by molar-refractivity contribution is 0.667. The van der Waals surface area contributed by atoms with E-state index in [9.17, 15) is 0 Å². The summed E-state index contributed by atoms with van der Waals surface area (Å²) in [6.45, 7) is 4.42. The summed E-state index contributed by atoms with van der Waals surface area (Å²) in [5, 5.41) is 24.3. The molecule has 0 bridgehead atoms. The minimum atomic E-state index is -0.0915. The van der Waals surface area contributed by atoms with Crippen LogP contribution < -0.4 is 0 Å². The molecule has 1 aromatic carbocycles. The molecule has 0 spiro atoms. The number of nitrogens with zero attached hydrogens (tertiary/aromatic N) is 4. The molecule has 0 aliphatic heterocycles. The van der Waals surface area contributed by atoms with Crippen molar-refractivity contribution in [3.63, 3.8) is 0 Å². The first-order valence-corrected chi connectivity index (χ1v) is 6.89. The van der Waals surface area contributed by atoms with E-state index in [1.807, 2.05) is 42.5 Å². The fraction of sp³-hybridized carbons (Fsp3) is 0.467. The quantitative estimate of drug-likeness (QED) is 0.602. The Bertz CT molecular complexity index is 435. The molecule has 0 heterocycles. The lowest BCUT2D eigenvalue weighted by Gasteiger charge is -1.95. The molecular weight excluding hydrogens is 272 g/mol. The van der Waals surface area contributed by atoms with Crippen molar-refractivity contribution in [3.05, 3.63) is 35.9 Å². The maximum Gasteiger partial charge on any atom is 0.0754 e. The second-order valence-corrected chi connectivity index (χ2v) is 4.59. The topological polar surface area (TPSA) is 72.3 Å². The number of hydrogen-bond acceptors (Lipinski definition) is 4. The average molecular weight is 291 g/mol. The zero-order chi connectivity index (χ0) is 15.2. The summed E-state index contributed by atoms with van der Waals surface area (Å²) in [5.74, 6) is 0.429. The van der Waals surface area contributed by atoms with Gasteiger partial charge in [0.15, 0.2) is 0 Å². The van der Waals surface area contributed by atoms with Crippen LogP contribution in [0.1, 0.15) is 19.4 Å². The van der Waals surface area contributed by atoms with Gasteiger partial charge in [0.05, 0.1) is 37.1 Å². The van der Waals surface area contributed by atoms with E-state index in [2.05, 4.69) is 10.2 Å². The van der Waals surface area contributed by atoms with E-state index in [0.29, 0.717) is 19.0 Å². The van der Waals surface area contributed by atoms with Gasteiger partial charge in [-0.05, 0) is 19.4 Å². The molecule has 0 aromatic heterocycles. The highest BCUT2D eigenvalue weighted by molar-refractivity contribution is 6.17. The van der Waals surface area contributed by atoms with E-state index in [0.717, 1.165) is 0 Å². The molecule has 2 atom stereocenters. The Morgan fingerprint density at radius 2 is 1.45 bits per heavy atom. The Morgan fingerprint density at radius 3 is 1.75 bits per heavy atom. The van der Waals surface area contributed by atoms with Crippen LogP contribution in [0, 0.1) is 34.5 Å². The van der Waals surface area contributed by atoms with E-state index in [4.69, 9.17) is 22.1 Å². The Labute approximate surface area is 125 Å². The van der Waals surface area contributed by atoms with Gasteiger partial charge in [-0.3, -0.25) is 0 Å². The van der Waals surface area contributed by atoms with Gasteiger partial charge in [-0.2, -0.15) is 20.8 Å². The summed E-state index contributed by atoms with van der Waals surface area (Å²) in [6, 6.07) is 14.1. The second kappa shape index (κ2) is 12.1. The predicted octanol–water partition coefficient (Wildman–Crippen LogP) is 4.18. The normalized spacial score (nSPS) is 12.7. The molecule has 0 fully saturated rings. The van der Waals surface area contributed by atoms with Gasteiger partial charge < -0.3 is 0 Å². The maximum atomic E-state index is 8.39. The zero-order valence-corrected chi connectivity index (χ0v) is 12.6. The number of halogens is 1. The van der Waals surface area contributed by atoms with Gasteiger partial charge >= 0.3 is 0 Å². The molecule has 106 valence electrons. The van der Waals surface area contributed by atoms with Gasteiger partial charge in [0.2, 0.25) is 0 Å². The number of rotatable bonds is 5. The Morgan fingerprint density at radius 1 is 1.00 bits per heavy atom. The Hall–Kier alpha value is -1.91. The standard InChI is InChI=1S/C8H12N4.C7H7Cl/c1-7(3-9)5-11-12-6-8(2)4-10;8-6-7-4-2-1-3-5-7/h7-8H,5-6H2,1-2H3;1-5H,6H2. The van der Waals surface area contributed by atoms with Gasteiger partial charge in [-0.1, -0.05) is 30.3 Å². The molecule has 4 nitrogen and oxygen atoms in total. The van der Waals surface area contributed by atoms with Gasteiger partial charge in [-0.25, -0.2) is 0 Å². The van der Waals surface area contributed by atoms with E-state index in [1.54, 1.807) is 13.8 Å². The number of alkyl halides is 1. The lowest BCUT2D eigenvalue weighted by atomic mass is 10.2. The number of hydrogen-bond donors (Lipinski definition) is 0. The van der Waals surface area contributed by atoms with Gasteiger partial charge in [0.1, 0.15) is 0 Å². The van der Waals surface area contributed by atoms with Crippen molar-refractivity contribution in [2.24, 2.45) is 22.1 Å². The van der Waals surface area contributed by atoms with Gasteiger partial charge in [0, 0.05) is 5.88 Å². The summed E-state index contributed by atoms with van der Waals surface area (Å²) in [6.07, 6.45) is 0. The number of azo groups is 1. The molecule has 0 radical (unpaired) electrons. The second-order valence-electron chi connectivity index (χ2n) is 4.33. The minimum Gasteiger partial charge on any atom is -0.198 e. The van der Waals surface area contributed by atoms with Crippen molar-refractivity contribution in [1.29, 1.82) is 10.5 Å². The highest BCUT2D eigenvalue weighted by Crippen LogP contribution is 2.00. The molecule has 1 rings (SSSR count). The zero-order valence-electron chi connectivity index (χ0n) is 11.8. The third-order valence-electron chi connectivity index (χ3n) is 2.25. The van der Waals surface area contributed by atoms with Crippen LogP contribution in [0.15, 0.2) is 40.6 Å². The van der Waals surface area contributed by atoms with Crippen molar-refractivity contribution in [1.82, 2.24) is 0 Å². The van der Waals surface area contributed by atoms with Crippen LogP contribution in [-0.2, 0) is 5.88 Å². The number of nitriles is 2. The van der Waals surface area contributed by atoms with Crippen molar-refractivity contribution >= 4 is 11.6 Å². The summed E-state index contributed by atoms with van der Waals surface area (Å²) < 4.78 is 0. The maximum absolute atomic E-state index is 8.39. The predicted molar refractivity (Wildman–Crippen MR) is 80.1 cm³/mol. The highest BCUT2D eigenvalue weighted by Gasteiger charge is 1.97. The third-order valence-corrected chi connectivity index (χ3v) is 2.56. The first kappa shape index (κ1) is 18.1. The molecule has 0 amide bonds. The summed E-state index contributed by atoms with van der Waals surface area (Å²) in [4.78, 5) is 0. The van der Waals surface area contributed by atoms with Crippen LogP contribution in [-0.4, -0.2) is 13.1 Å². The summed E-state index contributed by atoms with van der Waals surface area (Å²) >= 11 is 5.53. The van der Waals surface area contributed by atoms with Crippen molar-refractivity contribution < 1.29 is 0 Å². The summed E-state index contributed by atoms with van der Waals surface area (Å²) in [7, 11) is 0. The van der Waals surface area contributed by atoms with E-state index < -0.39 is 0 Å². The van der Waals surface area contributed by atoms with Crippen LogP contribution >= 0.6 is 11.6 Å². The molecule has 2 unspecified atom stereocenters. The molecule has 1 aromatic rings. The lowest BCUT2D eigenvalue weighted by Crippen LogP contribution is -1.96. The average Bonchev–Trinajstić information content (AvgIpc) is 2.52. The van der Waals surface area contributed by atoms with E-state index in [-0.39, 0.29) is 11.8 Å². The van der Waals surface area contributed by atoms with Crippen LogP contribution in [0.25, 0.3) is 0 Å². The SMILES string of the molecule is CC(C#N)CN=NCC(C)C#N.ClCc1ccccc1. The van der Waals surface area contributed by atoms with Crippen molar-refractivity contribution in [3.8, 4) is 12.1 Å². The largest absolute Gasteiger partial charge is 0.198 e. The molecule has 0 saturated heterocycles. The van der Waals surface area contributed by atoms with Gasteiger partial charge in [-0.15, -0.1) is 11.6 Å². The first-order chi connectivity index (χ1) is 9.63. The molecule has 20 heavy (non-hydrogen) atoms. The Kier molecular flexibility index (Phi) is 11.0. The van der Waals surface area contributed by atoms with Crippen LogP contribution in [0.2, 0.25) is 0 Å². The van der Waals surface area contributed by atoms with Crippen LogP contribution in [0.5, 0.6) is 0 Å². The van der Waals surface area contributed by atoms with Crippen LogP contribution in [0.3, 0.4) is 0 Å². The molecule has 0 aliphatic rings.